The molecule has 0 aromatic heterocycles. The smallest absolute Gasteiger partial charge is 0.254 e. The quantitative estimate of drug-likeness (QED) is 0.818. The van der Waals surface area contributed by atoms with Gasteiger partial charge < -0.3 is 11.1 Å². The van der Waals surface area contributed by atoms with E-state index in [0.717, 1.165) is 37.8 Å². The minimum atomic E-state index is -0.863. The highest BCUT2D eigenvalue weighted by atomic mass is 19.1. The van der Waals surface area contributed by atoms with Gasteiger partial charge in [-0.1, -0.05) is 26.7 Å². The Morgan fingerprint density at radius 3 is 2.70 bits per heavy atom. The van der Waals surface area contributed by atoms with Crippen LogP contribution in [0, 0.1) is 17.0 Å². The number of nitrogens with one attached hydrogen (secondary N) is 1. The van der Waals surface area contributed by atoms with E-state index in [1.54, 1.807) is 0 Å². The fraction of sp³-hybridized carbons (Fsp3) is 0.533. The molecule has 2 rings (SSSR count). The number of carbonyl (C=O) groups is 1. The molecule has 0 aliphatic heterocycles. The van der Waals surface area contributed by atoms with Gasteiger partial charge in [0.15, 0.2) is 5.82 Å². The lowest BCUT2D eigenvalue weighted by Gasteiger charge is -2.39. The highest BCUT2D eigenvalue weighted by molar-refractivity contribution is 5.95. The Bertz CT molecular complexity index is 529. The number of benzene rings is 1. The number of rotatable bonds is 2. The second-order valence-corrected chi connectivity index (χ2v) is 6.12. The van der Waals surface area contributed by atoms with Crippen molar-refractivity contribution >= 4 is 11.6 Å². The maximum atomic E-state index is 13.8. The van der Waals surface area contributed by atoms with Crippen molar-refractivity contribution in [2.24, 2.45) is 5.41 Å². The number of nitrogen functional groups attached to an aromatic ring is 1. The van der Waals surface area contributed by atoms with Gasteiger partial charge in [-0.05, 0) is 30.4 Å². The van der Waals surface area contributed by atoms with Gasteiger partial charge in [0.25, 0.3) is 5.91 Å². The second kappa shape index (κ2) is 5.38. The van der Waals surface area contributed by atoms with Gasteiger partial charge in [0.05, 0.1) is 11.3 Å². The predicted octanol–water partition coefficient (Wildman–Crippen LogP) is 3.25. The molecule has 0 heterocycles. The lowest BCUT2D eigenvalue weighted by Crippen LogP contribution is -2.47. The summed E-state index contributed by atoms with van der Waals surface area (Å²) < 4.78 is 27.1. The number of hydrogen-bond acceptors (Lipinski definition) is 2. The Hall–Kier alpha value is -1.65. The first-order chi connectivity index (χ1) is 9.31. The van der Waals surface area contributed by atoms with Crippen LogP contribution in [0.1, 0.15) is 49.9 Å². The predicted molar refractivity (Wildman–Crippen MR) is 74.3 cm³/mol. The molecule has 0 bridgehead atoms. The number of anilines is 1. The van der Waals surface area contributed by atoms with Crippen molar-refractivity contribution in [3.05, 3.63) is 29.3 Å². The molecule has 5 heteroatoms. The molecule has 1 fully saturated rings. The van der Waals surface area contributed by atoms with E-state index < -0.39 is 17.5 Å². The molecule has 1 saturated carbocycles. The fourth-order valence-corrected chi connectivity index (χ4v) is 2.77. The van der Waals surface area contributed by atoms with Crippen LogP contribution >= 0.6 is 0 Å². The topological polar surface area (TPSA) is 55.1 Å². The van der Waals surface area contributed by atoms with Crippen LogP contribution in [0.15, 0.2) is 12.1 Å². The minimum Gasteiger partial charge on any atom is -0.396 e. The molecule has 0 radical (unpaired) electrons. The number of carbonyl (C=O) groups excluding carboxylic acids is 1. The van der Waals surface area contributed by atoms with E-state index in [0.29, 0.717) is 0 Å². The summed E-state index contributed by atoms with van der Waals surface area (Å²) in [4.78, 5) is 12.2. The second-order valence-electron chi connectivity index (χ2n) is 6.12. The van der Waals surface area contributed by atoms with E-state index in [4.69, 9.17) is 5.73 Å². The van der Waals surface area contributed by atoms with E-state index in [1.165, 1.54) is 0 Å². The zero-order valence-corrected chi connectivity index (χ0v) is 11.8. The van der Waals surface area contributed by atoms with Crippen molar-refractivity contribution in [1.82, 2.24) is 5.32 Å². The molecule has 20 heavy (non-hydrogen) atoms. The molecule has 1 aromatic carbocycles. The molecule has 1 aliphatic carbocycles. The standard InChI is InChI=1S/C15H20F2N2O/c1-15(2)6-4-3-5-12(15)19-14(20)10-7-9(16)8-11(18)13(10)17/h7-8,12H,3-6,18H2,1-2H3,(H,19,20). The first kappa shape index (κ1) is 14.8. The lowest BCUT2D eigenvalue weighted by molar-refractivity contribution is 0.0849. The number of halogens is 2. The van der Waals surface area contributed by atoms with Crippen molar-refractivity contribution in [3.63, 3.8) is 0 Å². The Morgan fingerprint density at radius 2 is 2.05 bits per heavy atom. The van der Waals surface area contributed by atoms with Gasteiger partial charge in [0.1, 0.15) is 5.82 Å². The maximum Gasteiger partial charge on any atom is 0.254 e. The SMILES string of the molecule is CC1(C)CCCCC1NC(=O)c1cc(F)cc(N)c1F. The average molecular weight is 282 g/mol. The van der Waals surface area contributed by atoms with Crippen LogP contribution in [0.5, 0.6) is 0 Å². The molecule has 3 N–H and O–H groups in total. The zero-order chi connectivity index (χ0) is 14.9. The highest BCUT2D eigenvalue weighted by Gasteiger charge is 2.33. The summed E-state index contributed by atoms with van der Waals surface area (Å²) in [5.41, 5.74) is 4.63. The first-order valence-corrected chi connectivity index (χ1v) is 6.86. The summed E-state index contributed by atoms with van der Waals surface area (Å²) in [7, 11) is 0. The van der Waals surface area contributed by atoms with Gasteiger partial charge >= 0.3 is 0 Å². The van der Waals surface area contributed by atoms with E-state index in [9.17, 15) is 13.6 Å². The van der Waals surface area contributed by atoms with Gasteiger partial charge in [-0.2, -0.15) is 0 Å². The number of nitrogens with two attached hydrogens (primary N) is 1. The zero-order valence-electron chi connectivity index (χ0n) is 11.8. The molecule has 1 aliphatic rings. The van der Waals surface area contributed by atoms with Crippen molar-refractivity contribution in [2.75, 3.05) is 5.73 Å². The summed E-state index contributed by atoms with van der Waals surface area (Å²) in [5, 5.41) is 2.82. The molecule has 1 unspecified atom stereocenters. The summed E-state index contributed by atoms with van der Waals surface area (Å²) in [5.74, 6) is -2.18. The van der Waals surface area contributed by atoms with E-state index in [2.05, 4.69) is 19.2 Å². The minimum absolute atomic E-state index is 0.0346. The molecule has 3 nitrogen and oxygen atoms in total. The summed E-state index contributed by atoms with van der Waals surface area (Å²) in [6.07, 6.45) is 4.01. The third kappa shape index (κ3) is 2.92. The summed E-state index contributed by atoms with van der Waals surface area (Å²) in [6, 6.07) is 1.72. The average Bonchev–Trinajstić information content (AvgIpc) is 2.36. The van der Waals surface area contributed by atoms with Crippen LogP contribution in [0.25, 0.3) is 0 Å². The lowest BCUT2D eigenvalue weighted by atomic mass is 9.73. The maximum absolute atomic E-state index is 13.8. The molecule has 1 amide bonds. The summed E-state index contributed by atoms with van der Waals surface area (Å²) >= 11 is 0. The van der Waals surface area contributed by atoms with Gasteiger partial charge in [0, 0.05) is 6.04 Å². The third-order valence-electron chi connectivity index (χ3n) is 4.12. The van der Waals surface area contributed by atoms with Gasteiger partial charge in [-0.3, -0.25) is 4.79 Å². The van der Waals surface area contributed by atoms with Crippen LogP contribution in [-0.4, -0.2) is 11.9 Å². The molecule has 1 atom stereocenters. The molecular weight excluding hydrogens is 262 g/mol. The van der Waals surface area contributed by atoms with Gasteiger partial charge in [-0.15, -0.1) is 0 Å². The van der Waals surface area contributed by atoms with Crippen LogP contribution in [-0.2, 0) is 0 Å². The monoisotopic (exact) mass is 282 g/mol. The van der Waals surface area contributed by atoms with Crippen LogP contribution in [0.2, 0.25) is 0 Å². The van der Waals surface area contributed by atoms with Crippen LogP contribution in [0.3, 0.4) is 0 Å². The number of hydrogen-bond donors (Lipinski definition) is 2. The van der Waals surface area contributed by atoms with Crippen molar-refractivity contribution < 1.29 is 13.6 Å². The Balaban J connectivity index is 2.20. The van der Waals surface area contributed by atoms with Crippen molar-refractivity contribution in [2.45, 2.75) is 45.6 Å². The first-order valence-electron chi connectivity index (χ1n) is 6.86. The van der Waals surface area contributed by atoms with E-state index in [1.807, 2.05) is 0 Å². The normalized spacial score (nSPS) is 21.5. The van der Waals surface area contributed by atoms with Gasteiger partial charge in [0.2, 0.25) is 0 Å². The van der Waals surface area contributed by atoms with E-state index in [-0.39, 0.29) is 22.7 Å². The molecule has 0 saturated heterocycles. The van der Waals surface area contributed by atoms with Crippen molar-refractivity contribution in [3.8, 4) is 0 Å². The fourth-order valence-electron chi connectivity index (χ4n) is 2.77. The van der Waals surface area contributed by atoms with Gasteiger partial charge in [-0.25, -0.2) is 8.78 Å². The number of amides is 1. The largest absolute Gasteiger partial charge is 0.396 e. The van der Waals surface area contributed by atoms with Crippen LogP contribution in [0.4, 0.5) is 14.5 Å². The Kier molecular flexibility index (Phi) is 3.97. The molecule has 1 aromatic rings. The summed E-state index contributed by atoms with van der Waals surface area (Å²) in [6.45, 7) is 4.15. The molecular formula is C15H20F2N2O. The Morgan fingerprint density at radius 1 is 1.35 bits per heavy atom. The molecule has 0 spiro atoms. The van der Waals surface area contributed by atoms with E-state index >= 15 is 0 Å². The Labute approximate surface area is 117 Å². The third-order valence-corrected chi connectivity index (χ3v) is 4.12. The van der Waals surface area contributed by atoms with Crippen LogP contribution < -0.4 is 11.1 Å². The van der Waals surface area contributed by atoms with Crippen molar-refractivity contribution in [1.29, 1.82) is 0 Å². The highest BCUT2D eigenvalue weighted by Crippen LogP contribution is 2.35. The molecule has 110 valence electrons.